The van der Waals surface area contributed by atoms with Gasteiger partial charge in [-0.2, -0.15) is 0 Å². The molecule has 0 saturated heterocycles. The maximum Gasteiger partial charge on any atom is 0.295 e. The molecule has 1 aromatic heterocycles. The number of amides is 1. The molecule has 0 atom stereocenters. The highest BCUT2D eigenvalue weighted by Gasteiger charge is 2.12. The Morgan fingerprint density at radius 3 is 2.79 bits per heavy atom. The standard InChI is InChI=1S/C14H18N4O/c1-4-5-12-16-13(18-17-12)14(19)15-11-7-6-9(2)10(3)8-11/h6-8H,4-5H2,1-3H3,(H,15,19)(H,16,17,18). The van der Waals surface area contributed by atoms with Gasteiger partial charge in [0.15, 0.2) is 0 Å². The minimum absolute atomic E-state index is 0.182. The molecular formula is C14H18N4O. The molecule has 0 aliphatic carbocycles. The summed E-state index contributed by atoms with van der Waals surface area (Å²) in [7, 11) is 0. The second-order valence-electron chi connectivity index (χ2n) is 4.61. The van der Waals surface area contributed by atoms with Crippen molar-refractivity contribution in [3.05, 3.63) is 41.0 Å². The minimum Gasteiger partial charge on any atom is -0.319 e. The van der Waals surface area contributed by atoms with Crippen LogP contribution in [-0.4, -0.2) is 21.1 Å². The van der Waals surface area contributed by atoms with Crippen LogP contribution in [0.1, 0.15) is 40.9 Å². The predicted molar refractivity (Wildman–Crippen MR) is 74.2 cm³/mol. The summed E-state index contributed by atoms with van der Waals surface area (Å²) in [5.74, 6) is 0.635. The molecule has 2 aromatic rings. The Bertz CT molecular complexity index is 589. The summed E-state index contributed by atoms with van der Waals surface area (Å²) in [5.41, 5.74) is 3.09. The smallest absolute Gasteiger partial charge is 0.295 e. The molecule has 2 rings (SSSR count). The zero-order valence-electron chi connectivity index (χ0n) is 11.4. The van der Waals surface area contributed by atoms with Gasteiger partial charge in [0.05, 0.1) is 0 Å². The fourth-order valence-corrected chi connectivity index (χ4v) is 1.75. The van der Waals surface area contributed by atoms with E-state index in [0.717, 1.165) is 29.9 Å². The van der Waals surface area contributed by atoms with E-state index in [4.69, 9.17) is 0 Å². The van der Waals surface area contributed by atoms with Gasteiger partial charge in [0.2, 0.25) is 5.82 Å². The number of carbonyl (C=O) groups is 1. The van der Waals surface area contributed by atoms with E-state index < -0.39 is 0 Å². The Morgan fingerprint density at radius 2 is 2.11 bits per heavy atom. The lowest BCUT2D eigenvalue weighted by atomic mass is 10.1. The molecule has 2 N–H and O–H groups in total. The first-order valence-corrected chi connectivity index (χ1v) is 6.40. The monoisotopic (exact) mass is 258 g/mol. The van der Waals surface area contributed by atoms with Crippen LogP contribution < -0.4 is 5.32 Å². The fourth-order valence-electron chi connectivity index (χ4n) is 1.75. The Balaban J connectivity index is 2.09. The van der Waals surface area contributed by atoms with E-state index in [9.17, 15) is 4.79 Å². The summed E-state index contributed by atoms with van der Waals surface area (Å²) >= 11 is 0. The van der Waals surface area contributed by atoms with Crippen LogP contribution >= 0.6 is 0 Å². The van der Waals surface area contributed by atoms with E-state index in [2.05, 4.69) is 27.4 Å². The van der Waals surface area contributed by atoms with Crippen LogP contribution in [0.15, 0.2) is 18.2 Å². The molecule has 5 heteroatoms. The second-order valence-corrected chi connectivity index (χ2v) is 4.61. The number of rotatable bonds is 4. The minimum atomic E-state index is -0.290. The van der Waals surface area contributed by atoms with Gasteiger partial charge in [0.25, 0.3) is 5.91 Å². The average molecular weight is 258 g/mol. The third-order valence-corrected chi connectivity index (χ3v) is 2.99. The van der Waals surface area contributed by atoms with E-state index in [1.54, 1.807) is 0 Å². The van der Waals surface area contributed by atoms with E-state index in [0.29, 0.717) is 0 Å². The van der Waals surface area contributed by atoms with Crippen molar-refractivity contribution in [1.82, 2.24) is 15.2 Å². The third kappa shape index (κ3) is 3.19. The molecular weight excluding hydrogens is 240 g/mol. The first-order valence-electron chi connectivity index (χ1n) is 6.40. The summed E-state index contributed by atoms with van der Waals surface area (Å²) in [5, 5.41) is 9.49. The zero-order valence-corrected chi connectivity index (χ0v) is 11.4. The summed E-state index contributed by atoms with van der Waals surface area (Å²) in [6.45, 7) is 6.10. The molecule has 100 valence electrons. The zero-order chi connectivity index (χ0) is 13.8. The number of aromatic nitrogens is 3. The summed E-state index contributed by atoms with van der Waals surface area (Å²) in [6, 6.07) is 5.79. The van der Waals surface area contributed by atoms with Gasteiger partial charge in [0, 0.05) is 12.1 Å². The molecule has 0 aliphatic rings. The lowest BCUT2D eigenvalue weighted by Crippen LogP contribution is -2.14. The molecule has 1 heterocycles. The van der Waals surface area contributed by atoms with Crippen LogP contribution in [0.3, 0.4) is 0 Å². The van der Waals surface area contributed by atoms with Crippen molar-refractivity contribution in [2.75, 3.05) is 5.32 Å². The van der Waals surface area contributed by atoms with E-state index >= 15 is 0 Å². The maximum atomic E-state index is 12.0. The van der Waals surface area contributed by atoms with Crippen molar-refractivity contribution in [3.63, 3.8) is 0 Å². The molecule has 0 radical (unpaired) electrons. The molecule has 0 saturated carbocycles. The van der Waals surface area contributed by atoms with E-state index in [1.165, 1.54) is 5.56 Å². The lowest BCUT2D eigenvalue weighted by Gasteiger charge is -2.05. The highest BCUT2D eigenvalue weighted by molar-refractivity contribution is 6.01. The topological polar surface area (TPSA) is 70.7 Å². The summed E-state index contributed by atoms with van der Waals surface area (Å²) in [6.07, 6.45) is 1.76. The molecule has 0 aliphatic heterocycles. The van der Waals surface area contributed by atoms with Crippen molar-refractivity contribution in [2.45, 2.75) is 33.6 Å². The van der Waals surface area contributed by atoms with Gasteiger partial charge in [-0.15, -0.1) is 5.10 Å². The highest BCUT2D eigenvalue weighted by atomic mass is 16.2. The molecule has 0 spiro atoms. The fraction of sp³-hybridized carbons (Fsp3) is 0.357. The van der Waals surface area contributed by atoms with Gasteiger partial charge in [-0.3, -0.25) is 9.89 Å². The number of hydrogen-bond donors (Lipinski definition) is 2. The van der Waals surface area contributed by atoms with Crippen molar-refractivity contribution < 1.29 is 4.79 Å². The van der Waals surface area contributed by atoms with Gasteiger partial charge in [-0.1, -0.05) is 13.0 Å². The number of benzene rings is 1. The molecule has 0 unspecified atom stereocenters. The molecule has 19 heavy (non-hydrogen) atoms. The van der Waals surface area contributed by atoms with Crippen LogP contribution in [0.2, 0.25) is 0 Å². The number of anilines is 1. The van der Waals surface area contributed by atoms with Crippen molar-refractivity contribution in [2.24, 2.45) is 0 Å². The van der Waals surface area contributed by atoms with E-state index in [1.807, 2.05) is 32.0 Å². The van der Waals surface area contributed by atoms with Crippen LogP contribution in [0.5, 0.6) is 0 Å². The lowest BCUT2D eigenvalue weighted by molar-refractivity contribution is 0.101. The number of H-pyrrole nitrogens is 1. The Hall–Kier alpha value is -2.17. The third-order valence-electron chi connectivity index (χ3n) is 2.99. The first kappa shape index (κ1) is 13.3. The Morgan fingerprint density at radius 1 is 1.32 bits per heavy atom. The van der Waals surface area contributed by atoms with Gasteiger partial charge >= 0.3 is 0 Å². The number of aromatic amines is 1. The number of nitrogens with zero attached hydrogens (tertiary/aromatic N) is 2. The van der Waals surface area contributed by atoms with Crippen LogP contribution in [-0.2, 0) is 6.42 Å². The predicted octanol–water partition coefficient (Wildman–Crippen LogP) is 2.63. The molecule has 0 bridgehead atoms. The summed E-state index contributed by atoms with van der Waals surface area (Å²) in [4.78, 5) is 16.1. The molecule has 5 nitrogen and oxygen atoms in total. The van der Waals surface area contributed by atoms with E-state index in [-0.39, 0.29) is 11.7 Å². The first-order chi connectivity index (χ1) is 9.10. The van der Waals surface area contributed by atoms with Crippen LogP contribution in [0, 0.1) is 13.8 Å². The van der Waals surface area contributed by atoms with Gasteiger partial charge in [-0.25, -0.2) is 4.98 Å². The van der Waals surface area contributed by atoms with Gasteiger partial charge in [0.1, 0.15) is 5.82 Å². The quantitative estimate of drug-likeness (QED) is 0.885. The number of carbonyl (C=O) groups excluding carboxylic acids is 1. The maximum absolute atomic E-state index is 12.0. The van der Waals surface area contributed by atoms with Gasteiger partial charge in [-0.05, 0) is 43.5 Å². The molecule has 1 amide bonds. The van der Waals surface area contributed by atoms with Crippen molar-refractivity contribution in [3.8, 4) is 0 Å². The Kier molecular flexibility index (Phi) is 3.94. The molecule has 1 aromatic carbocycles. The Labute approximate surface area is 112 Å². The van der Waals surface area contributed by atoms with Gasteiger partial charge < -0.3 is 5.32 Å². The molecule has 0 fully saturated rings. The van der Waals surface area contributed by atoms with Crippen LogP contribution in [0.25, 0.3) is 0 Å². The average Bonchev–Trinajstić information content (AvgIpc) is 2.83. The number of nitrogens with one attached hydrogen (secondary N) is 2. The highest BCUT2D eigenvalue weighted by Crippen LogP contribution is 2.14. The largest absolute Gasteiger partial charge is 0.319 e. The second kappa shape index (κ2) is 5.65. The van der Waals surface area contributed by atoms with Crippen molar-refractivity contribution >= 4 is 11.6 Å². The summed E-state index contributed by atoms with van der Waals surface area (Å²) < 4.78 is 0. The number of hydrogen-bond acceptors (Lipinski definition) is 3. The number of aryl methyl sites for hydroxylation is 3. The SMILES string of the molecule is CCCc1nc(C(=O)Nc2ccc(C)c(C)c2)n[nH]1. The van der Waals surface area contributed by atoms with Crippen LogP contribution in [0.4, 0.5) is 5.69 Å². The normalized spacial score (nSPS) is 10.5. The van der Waals surface area contributed by atoms with Crippen molar-refractivity contribution in [1.29, 1.82) is 0 Å².